The largest absolute Gasteiger partial charge is 0.451 e. The normalized spacial score (nSPS) is 11.6. The smallest absolute Gasteiger partial charge is 0.435 e. The van der Waals surface area contributed by atoms with Gasteiger partial charge in [0.25, 0.3) is 0 Å². The zero-order chi connectivity index (χ0) is 12.7. The highest BCUT2D eigenvalue weighted by Gasteiger charge is 2.04. The van der Waals surface area contributed by atoms with Crippen LogP contribution in [0.1, 0.15) is 5.56 Å². The summed E-state index contributed by atoms with van der Waals surface area (Å²) < 4.78 is 4.50. The summed E-state index contributed by atoms with van der Waals surface area (Å²) in [5.41, 5.74) is 0.760. The van der Waals surface area contributed by atoms with Crippen molar-refractivity contribution in [2.75, 3.05) is 21.2 Å². The van der Waals surface area contributed by atoms with Crippen molar-refractivity contribution in [2.45, 2.75) is 0 Å². The van der Waals surface area contributed by atoms with Crippen LogP contribution in [-0.4, -0.2) is 44.4 Å². The number of amides is 1. The summed E-state index contributed by atoms with van der Waals surface area (Å²) in [4.78, 5) is 20.8. The average molecular weight is 233 g/mol. The summed E-state index contributed by atoms with van der Waals surface area (Å²) in [5.74, 6) is 0.325. The van der Waals surface area contributed by atoms with Crippen molar-refractivity contribution in [3.63, 3.8) is 0 Å². The van der Waals surface area contributed by atoms with Gasteiger partial charge in [-0.25, -0.2) is 9.79 Å². The maximum atomic E-state index is 11.1. The number of carbonyl (C=O) groups excluding carboxylic acids is 1. The first-order chi connectivity index (χ1) is 8.13. The zero-order valence-electron chi connectivity index (χ0n) is 10.1. The molecule has 5 nitrogen and oxygen atoms in total. The van der Waals surface area contributed by atoms with E-state index in [0.29, 0.717) is 5.84 Å². The lowest BCUT2D eigenvalue weighted by molar-refractivity contribution is 0.182. The van der Waals surface area contributed by atoms with Gasteiger partial charge in [0.15, 0.2) is 5.84 Å². The van der Waals surface area contributed by atoms with E-state index in [4.69, 9.17) is 0 Å². The van der Waals surface area contributed by atoms with Crippen LogP contribution in [0.3, 0.4) is 0 Å². The van der Waals surface area contributed by atoms with Crippen LogP contribution in [0.25, 0.3) is 0 Å². The van der Waals surface area contributed by atoms with E-state index >= 15 is 0 Å². The lowest BCUT2D eigenvalue weighted by Gasteiger charge is -2.04. The lowest BCUT2D eigenvalue weighted by atomic mass is 10.2. The van der Waals surface area contributed by atoms with Crippen LogP contribution in [0.2, 0.25) is 0 Å². The number of carbonyl (C=O) groups is 1. The molecule has 0 N–H and O–H groups in total. The minimum Gasteiger partial charge on any atom is -0.451 e. The fourth-order valence-electron chi connectivity index (χ4n) is 1.06. The molecule has 0 heterocycles. The first kappa shape index (κ1) is 12.9. The third-order valence-corrected chi connectivity index (χ3v) is 1.81. The van der Waals surface area contributed by atoms with E-state index in [9.17, 15) is 4.79 Å². The van der Waals surface area contributed by atoms with Crippen molar-refractivity contribution in [2.24, 2.45) is 9.98 Å². The Morgan fingerprint density at radius 1 is 1.29 bits per heavy atom. The Labute approximate surface area is 100 Å². The molecule has 0 unspecified atom stereocenters. The molecule has 0 aromatic heterocycles. The molecule has 0 saturated heterocycles. The number of benzene rings is 1. The topological polar surface area (TPSA) is 54.3 Å². The maximum Gasteiger partial charge on any atom is 0.435 e. The standard InChI is InChI=1S/C12H15N3O2/c1-15(2)9-13-11(14-12(16)17-3)10-7-5-4-6-8-10/h4-9H,1-3H3/b13-9?,14-11-. The van der Waals surface area contributed by atoms with Crippen LogP contribution in [0, 0.1) is 0 Å². The van der Waals surface area contributed by atoms with Gasteiger partial charge < -0.3 is 9.64 Å². The second kappa shape index (κ2) is 6.42. The highest BCUT2D eigenvalue weighted by molar-refractivity contribution is 6.06. The molecular weight excluding hydrogens is 218 g/mol. The molecule has 1 amide bonds. The second-order valence-corrected chi connectivity index (χ2v) is 3.48. The lowest BCUT2D eigenvalue weighted by Crippen LogP contribution is -2.11. The molecule has 17 heavy (non-hydrogen) atoms. The molecule has 0 aliphatic heterocycles. The summed E-state index contributed by atoms with van der Waals surface area (Å²) in [7, 11) is 4.96. The number of ether oxygens (including phenoxy) is 1. The first-order valence-corrected chi connectivity index (χ1v) is 5.06. The Kier molecular flexibility index (Phi) is 4.87. The van der Waals surface area contributed by atoms with Crippen LogP contribution in [0.15, 0.2) is 40.3 Å². The molecule has 0 radical (unpaired) electrons. The van der Waals surface area contributed by atoms with Crippen molar-refractivity contribution in [1.29, 1.82) is 0 Å². The first-order valence-electron chi connectivity index (χ1n) is 5.06. The van der Waals surface area contributed by atoms with Crippen LogP contribution >= 0.6 is 0 Å². The summed E-state index contributed by atoms with van der Waals surface area (Å²) in [6, 6.07) is 9.25. The highest BCUT2D eigenvalue weighted by Crippen LogP contribution is 2.03. The van der Waals surface area contributed by atoms with Crippen LogP contribution in [0.4, 0.5) is 4.79 Å². The van der Waals surface area contributed by atoms with E-state index in [-0.39, 0.29) is 0 Å². The Morgan fingerprint density at radius 2 is 1.94 bits per heavy atom. The molecule has 5 heteroatoms. The molecule has 0 aliphatic carbocycles. The monoisotopic (exact) mass is 233 g/mol. The van der Waals surface area contributed by atoms with Gasteiger partial charge in [0.2, 0.25) is 0 Å². The number of hydrogen-bond acceptors (Lipinski definition) is 2. The Balaban J connectivity index is 3.03. The van der Waals surface area contributed by atoms with Crippen molar-refractivity contribution >= 4 is 18.3 Å². The fraction of sp³-hybridized carbons (Fsp3) is 0.250. The molecule has 1 rings (SSSR count). The number of nitrogens with zero attached hydrogens (tertiary/aromatic N) is 3. The predicted molar refractivity (Wildman–Crippen MR) is 67.6 cm³/mol. The number of amidine groups is 1. The fourth-order valence-corrected chi connectivity index (χ4v) is 1.06. The van der Waals surface area contributed by atoms with E-state index in [0.717, 1.165) is 5.56 Å². The third kappa shape index (κ3) is 4.46. The number of aliphatic imine (C=N–C) groups is 2. The average Bonchev–Trinajstić information content (AvgIpc) is 2.35. The molecule has 0 bridgehead atoms. The maximum absolute atomic E-state index is 11.1. The van der Waals surface area contributed by atoms with Crippen molar-refractivity contribution in [1.82, 2.24) is 4.90 Å². The SMILES string of the molecule is COC(=O)/N=C(\N=CN(C)C)c1ccccc1. The minimum atomic E-state index is -0.667. The van der Waals surface area contributed by atoms with E-state index in [1.165, 1.54) is 7.11 Å². The van der Waals surface area contributed by atoms with E-state index in [1.807, 2.05) is 44.4 Å². The molecule has 0 spiro atoms. The van der Waals surface area contributed by atoms with Crippen molar-refractivity contribution < 1.29 is 9.53 Å². The summed E-state index contributed by atoms with van der Waals surface area (Å²) in [5, 5.41) is 0. The predicted octanol–water partition coefficient (Wildman–Crippen LogP) is 1.79. The Morgan fingerprint density at radius 3 is 2.47 bits per heavy atom. The highest BCUT2D eigenvalue weighted by atomic mass is 16.5. The third-order valence-electron chi connectivity index (χ3n) is 1.81. The van der Waals surface area contributed by atoms with Gasteiger partial charge in [-0.1, -0.05) is 30.3 Å². The van der Waals surface area contributed by atoms with Crippen LogP contribution in [-0.2, 0) is 4.74 Å². The summed E-state index contributed by atoms with van der Waals surface area (Å²) >= 11 is 0. The summed E-state index contributed by atoms with van der Waals surface area (Å²) in [6.07, 6.45) is 0.911. The number of rotatable bonds is 2. The summed E-state index contributed by atoms with van der Waals surface area (Å²) in [6.45, 7) is 0. The van der Waals surface area contributed by atoms with E-state index in [1.54, 1.807) is 11.2 Å². The van der Waals surface area contributed by atoms with Crippen molar-refractivity contribution in [3.8, 4) is 0 Å². The van der Waals surface area contributed by atoms with Crippen LogP contribution in [0.5, 0.6) is 0 Å². The van der Waals surface area contributed by atoms with Gasteiger partial charge in [0, 0.05) is 19.7 Å². The Hall–Kier alpha value is -2.17. The minimum absolute atomic E-state index is 0.325. The molecule has 90 valence electrons. The van der Waals surface area contributed by atoms with Crippen LogP contribution < -0.4 is 0 Å². The number of hydrogen-bond donors (Lipinski definition) is 0. The van der Waals surface area contributed by atoms with E-state index < -0.39 is 6.09 Å². The van der Waals surface area contributed by atoms with Gasteiger partial charge in [-0.2, -0.15) is 4.99 Å². The molecular formula is C12H15N3O2. The van der Waals surface area contributed by atoms with Gasteiger partial charge in [-0.15, -0.1) is 0 Å². The molecule has 1 aromatic rings. The quantitative estimate of drug-likeness (QED) is 0.578. The van der Waals surface area contributed by atoms with E-state index in [2.05, 4.69) is 14.7 Å². The molecule has 0 atom stereocenters. The van der Waals surface area contributed by atoms with Gasteiger partial charge in [0.05, 0.1) is 13.4 Å². The molecule has 1 aromatic carbocycles. The van der Waals surface area contributed by atoms with Gasteiger partial charge in [-0.3, -0.25) is 0 Å². The van der Waals surface area contributed by atoms with Gasteiger partial charge in [-0.05, 0) is 0 Å². The van der Waals surface area contributed by atoms with Gasteiger partial charge in [0.1, 0.15) is 0 Å². The van der Waals surface area contributed by atoms with Gasteiger partial charge >= 0.3 is 6.09 Å². The van der Waals surface area contributed by atoms with Crippen molar-refractivity contribution in [3.05, 3.63) is 35.9 Å². The molecule has 0 saturated carbocycles. The zero-order valence-corrected chi connectivity index (χ0v) is 10.1. The molecule has 0 fully saturated rings. The number of methoxy groups -OCH3 is 1. The Bertz CT molecular complexity index is 425. The molecule has 0 aliphatic rings. The second-order valence-electron chi connectivity index (χ2n) is 3.48.